The maximum atomic E-state index is 4.42. The molecule has 1 heterocycles. The van der Waals surface area contributed by atoms with E-state index < -0.39 is 0 Å². The largest absolute Gasteiger partial charge is 0.356 e. The van der Waals surface area contributed by atoms with E-state index in [1.807, 2.05) is 13.0 Å². The highest BCUT2D eigenvalue weighted by atomic mass is 32.1. The predicted molar refractivity (Wildman–Crippen MR) is 85.2 cm³/mol. The number of nitrogens with one attached hydrogen (secondary N) is 2. The Morgan fingerprint density at radius 3 is 2.70 bits per heavy atom. The first-order chi connectivity index (χ1) is 9.78. The fraction of sp³-hybridized carbons (Fsp3) is 0.333. The number of hydrogen-bond donors (Lipinski definition) is 2. The third-order valence-electron chi connectivity index (χ3n) is 2.85. The zero-order valence-corrected chi connectivity index (χ0v) is 12.7. The molecule has 0 unspecified atom stereocenters. The summed E-state index contributed by atoms with van der Waals surface area (Å²) in [6, 6.07) is 10.4. The normalized spacial score (nSPS) is 11.4. The Hall–Kier alpha value is -1.88. The zero-order valence-electron chi connectivity index (χ0n) is 11.9. The van der Waals surface area contributed by atoms with Gasteiger partial charge in [0.2, 0.25) is 0 Å². The Balaban J connectivity index is 1.73. The molecule has 0 saturated carbocycles. The summed E-state index contributed by atoms with van der Waals surface area (Å²) in [6.07, 6.45) is 0.984. The minimum Gasteiger partial charge on any atom is -0.356 e. The summed E-state index contributed by atoms with van der Waals surface area (Å²) in [5.74, 6) is 0.814. The lowest BCUT2D eigenvalue weighted by Gasteiger charge is -2.10. The van der Waals surface area contributed by atoms with Crippen molar-refractivity contribution < 1.29 is 0 Å². The minimum absolute atomic E-state index is 0.712. The number of rotatable bonds is 5. The van der Waals surface area contributed by atoms with Gasteiger partial charge in [0.15, 0.2) is 5.96 Å². The Morgan fingerprint density at radius 2 is 2.05 bits per heavy atom. The molecule has 2 N–H and O–H groups in total. The number of nitrogens with zero attached hydrogens (tertiary/aromatic N) is 2. The van der Waals surface area contributed by atoms with Crippen molar-refractivity contribution in [3.05, 3.63) is 52.0 Å². The number of aromatic nitrogens is 1. The Labute approximate surface area is 124 Å². The van der Waals surface area contributed by atoms with Gasteiger partial charge in [-0.15, -0.1) is 11.3 Å². The molecule has 20 heavy (non-hydrogen) atoms. The summed E-state index contributed by atoms with van der Waals surface area (Å²) in [5, 5.41) is 9.72. The van der Waals surface area contributed by atoms with E-state index >= 15 is 0 Å². The lowest BCUT2D eigenvalue weighted by atomic mass is 10.1. The Bertz CT molecular complexity index is 548. The van der Waals surface area contributed by atoms with Crippen LogP contribution in [0.1, 0.15) is 16.3 Å². The van der Waals surface area contributed by atoms with Crippen LogP contribution in [0.5, 0.6) is 0 Å². The smallest absolute Gasteiger partial charge is 0.191 e. The van der Waals surface area contributed by atoms with Crippen LogP contribution in [0.3, 0.4) is 0 Å². The molecule has 0 atom stereocenters. The van der Waals surface area contributed by atoms with Gasteiger partial charge in [-0.25, -0.2) is 4.98 Å². The van der Waals surface area contributed by atoms with Gasteiger partial charge in [0.1, 0.15) is 5.01 Å². The van der Waals surface area contributed by atoms with E-state index in [9.17, 15) is 0 Å². The lowest BCUT2D eigenvalue weighted by Crippen LogP contribution is -2.37. The average molecular weight is 288 g/mol. The van der Waals surface area contributed by atoms with E-state index in [0.717, 1.165) is 29.6 Å². The van der Waals surface area contributed by atoms with Crippen molar-refractivity contribution >= 4 is 17.3 Å². The van der Waals surface area contributed by atoms with Gasteiger partial charge in [0, 0.05) is 24.7 Å². The maximum absolute atomic E-state index is 4.42. The summed E-state index contributed by atoms with van der Waals surface area (Å²) in [7, 11) is 1.78. The number of hydrogen-bond acceptors (Lipinski definition) is 3. The van der Waals surface area contributed by atoms with E-state index in [1.54, 1.807) is 18.4 Å². The van der Waals surface area contributed by atoms with Gasteiger partial charge in [0.05, 0.1) is 6.54 Å². The van der Waals surface area contributed by atoms with Crippen LogP contribution in [-0.4, -0.2) is 24.5 Å². The number of aliphatic imine (C=N–C) groups is 1. The molecule has 4 nitrogen and oxygen atoms in total. The van der Waals surface area contributed by atoms with Crippen LogP contribution < -0.4 is 10.6 Å². The predicted octanol–water partition coefficient (Wildman–Crippen LogP) is 2.36. The van der Waals surface area contributed by atoms with Crippen LogP contribution in [0, 0.1) is 6.92 Å². The third-order valence-corrected chi connectivity index (χ3v) is 3.81. The summed E-state index contributed by atoms with van der Waals surface area (Å²) < 4.78 is 0. The second-order valence-electron chi connectivity index (χ2n) is 4.47. The molecule has 0 aliphatic rings. The van der Waals surface area contributed by atoms with E-state index in [2.05, 4.69) is 50.3 Å². The quantitative estimate of drug-likeness (QED) is 0.656. The standard InChI is InChI=1S/C15H20N4S/c1-12-11-20-14(19-12)10-18-15(16-2)17-9-8-13-6-4-3-5-7-13/h3-7,11H,8-10H2,1-2H3,(H2,16,17,18). The van der Waals surface area contributed by atoms with E-state index in [-0.39, 0.29) is 0 Å². The number of thiazole rings is 1. The Kier molecular flexibility index (Phi) is 5.55. The van der Waals surface area contributed by atoms with Gasteiger partial charge < -0.3 is 10.6 Å². The minimum atomic E-state index is 0.712. The van der Waals surface area contributed by atoms with Crippen molar-refractivity contribution in [2.45, 2.75) is 19.9 Å². The van der Waals surface area contributed by atoms with Crippen LogP contribution >= 0.6 is 11.3 Å². The second kappa shape index (κ2) is 7.65. The SMILES string of the molecule is CN=C(NCCc1ccccc1)NCc1nc(C)cs1. The van der Waals surface area contributed by atoms with Crippen LogP contribution in [0.4, 0.5) is 0 Å². The lowest BCUT2D eigenvalue weighted by molar-refractivity contribution is 0.790. The molecule has 2 aromatic rings. The molecule has 0 fully saturated rings. The van der Waals surface area contributed by atoms with E-state index in [1.165, 1.54) is 5.56 Å². The fourth-order valence-electron chi connectivity index (χ4n) is 1.83. The molecule has 0 bridgehead atoms. The van der Waals surface area contributed by atoms with Crippen molar-refractivity contribution in [3.8, 4) is 0 Å². The zero-order chi connectivity index (χ0) is 14.2. The molecule has 2 rings (SSSR count). The first kappa shape index (κ1) is 14.5. The maximum Gasteiger partial charge on any atom is 0.191 e. The number of benzene rings is 1. The highest BCUT2D eigenvalue weighted by molar-refractivity contribution is 7.09. The molecular weight excluding hydrogens is 268 g/mol. The van der Waals surface area contributed by atoms with Crippen LogP contribution in [0.25, 0.3) is 0 Å². The van der Waals surface area contributed by atoms with Crippen molar-refractivity contribution in [3.63, 3.8) is 0 Å². The molecule has 0 aliphatic heterocycles. The molecule has 0 spiro atoms. The first-order valence-electron chi connectivity index (χ1n) is 6.67. The second-order valence-corrected chi connectivity index (χ2v) is 5.41. The summed E-state index contributed by atoms with van der Waals surface area (Å²) in [4.78, 5) is 8.63. The topological polar surface area (TPSA) is 49.3 Å². The fourth-order valence-corrected chi connectivity index (χ4v) is 2.55. The van der Waals surface area contributed by atoms with Gasteiger partial charge >= 0.3 is 0 Å². The first-order valence-corrected chi connectivity index (χ1v) is 7.55. The van der Waals surface area contributed by atoms with Gasteiger partial charge in [-0.3, -0.25) is 4.99 Å². The molecule has 1 aromatic carbocycles. The monoisotopic (exact) mass is 288 g/mol. The van der Waals surface area contributed by atoms with E-state index in [4.69, 9.17) is 0 Å². The number of guanidine groups is 1. The van der Waals surface area contributed by atoms with Crippen LogP contribution in [0.15, 0.2) is 40.7 Å². The van der Waals surface area contributed by atoms with Gasteiger partial charge in [-0.05, 0) is 18.9 Å². The van der Waals surface area contributed by atoms with E-state index in [0.29, 0.717) is 6.54 Å². The van der Waals surface area contributed by atoms with Crippen molar-refractivity contribution in [2.24, 2.45) is 4.99 Å². The molecule has 106 valence electrons. The van der Waals surface area contributed by atoms with Crippen LogP contribution in [0.2, 0.25) is 0 Å². The highest BCUT2D eigenvalue weighted by Gasteiger charge is 2.01. The molecule has 0 saturated heterocycles. The molecule has 5 heteroatoms. The summed E-state index contributed by atoms with van der Waals surface area (Å²) in [5.41, 5.74) is 2.39. The Morgan fingerprint density at radius 1 is 1.25 bits per heavy atom. The molecule has 0 radical (unpaired) electrons. The summed E-state index contributed by atoms with van der Waals surface area (Å²) in [6.45, 7) is 3.58. The molecule has 1 aromatic heterocycles. The molecule has 0 aliphatic carbocycles. The van der Waals surface area contributed by atoms with Gasteiger partial charge in [-0.1, -0.05) is 30.3 Å². The third kappa shape index (κ3) is 4.66. The number of aryl methyl sites for hydroxylation is 1. The average Bonchev–Trinajstić information content (AvgIpc) is 2.89. The highest BCUT2D eigenvalue weighted by Crippen LogP contribution is 2.07. The summed E-state index contributed by atoms with van der Waals surface area (Å²) >= 11 is 1.67. The van der Waals surface area contributed by atoms with Gasteiger partial charge in [0.25, 0.3) is 0 Å². The molecule has 0 amide bonds. The van der Waals surface area contributed by atoms with Crippen molar-refractivity contribution in [1.82, 2.24) is 15.6 Å². The molecular formula is C15H20N4S. The van der Waals surface area contributed by atoms with Gasteiger partial charge in [-0.2, -0.15) is 0 Å². The van der Waals surface area contributed by atoms with Crippen molar-refractivity contribution in [1.29, 1.82) is 0 Å². The van der Waals surface area contributed by atoms with Crippen molar-refractivity contribution in [2.75, 3.05) is 13.6 Å². The van der Waals surface area contributed by atoms with Crippen LogP contribution in [-0.2, 0) is 13.0 Å².